The molecule has 2 rings (SSSR count). The molecule has 3 nitrogen and oxygen atoms in total. The van der Waals surface area contributed by atoms with Crippen LogP contribution in [0.1, 0.15) is 26.2 Å². The van der Waals surface area contributed by atoms with Crippen LogP contribution in [0.15, 0.2) is 0 Å². The van der Waals surface area contributed by atoms with Gasteiger partial charge >= 0.3 is 0 Å². The first-order valence-electron chi connectivity index (χ1n) is 5.84. The second-order valence-corrected chi connectivity index (χ2v) is 4.73. The van der Waals surface area contributed by atoms with Gasteiger partial charge in [0, 0.05) is 18.6 Å². The summed E-state index contributed by atoms with van der Waals surface area (Å²) in [4.78, 5) is 4.84. The van der Waals surface area contributed by atoms with Crippen LogP contribution in [0.25, 0.3) is 0 Å². The Morgan fingerprint density at radius 3 is 3.00 bits per heavy atom. The van der Waals surface area contributed by atoms with Gasteiger partial charge < -0.3 is 10.0 Å². The van der Waals surface area contributed by atoms with Crippen LogP contribution in [0.2, 0.25) is 0 Å². The zero-order valence-corrected chi connectivity index (χ0v) is 9.32. The SMILES string of the molecule is CCN(C)C1C[C@H](O)C2CCCN2C1. The van der Waals surface area contributed by atoms with Crippen molar-refractivity contribution < 1.29 is 5.11 Å². The molecule has 2 unspecified atom stereocenters. The summed E-state index contributed by atoms with van der Waals surface area (Å²) in [6.45, 7) is 5.61. The molecule has 3 atom stereocenters. The fraction of sp³-hybridized carbons (Fsp3) is 1.00. The minimum absolute atomic E-state index is 0.0924. The van der Waals surface area contributed by atoms with E-state index in [4.69, 9.17) is 0 Å². The van der Waals surface area contributed by atoms with Gasteiger partial charge in [-0.05, 0) is 39.4 Å². The minimum Gasteiger partial charge on any atom is -0.391 e. The summed E-state index contributed by atoms with van der Waals surface area (Å²) in [6, 6.07) is 1.03. The van der Waals surface area contributed by atoms with Gasteiger partial charge in [-0.3, -0.25) is 4.90 Å². The number of fused-ring (bicyclic) bond motifs is 1. The van der Waals surface area contributed by atoms with E-state index < -0.39 is 0 Å². The summed E-state index contributed by atoms with van der Waals surface area (Å²) in [5, 5.41) is 10.0. The molecule has 0 aliphatic carbocycles. The fourth-order valence-electron chi connectivity index (χ4n) is 2.87. The van der Waals surface area contributed by atoms with E-state index >= 15 is 0 Å². The van der Waals surface area contributed by atoms with E-state index in [1.165, 1.54) is 19.4 Å². The van der Waals surface area contributed by atoms with Crippen molar-refractivity contribution in [2.75, 3.05) is 26.7 Å². The van der Waals surface area contributed by atoms with Gasteiger partial charge in [-0.15, -0.1) is 0 Å². The smallest absolute Gasteiger partial charge is 0.0710 e. The van der Waals surface area contributed by atoms with Crippen LogP contribution in [-0.4, -0.2) is 59.8 Å². The molecule has 0 spiro atoms. The van der Waals surface area contributed by atoms with Gasteiger partial charge in [0.2, 0.25) is 0 Å². The predicted octanol–water partition coefficient (Wildman–Crippen LogP) is 0.536. The lowest BCUT2D eigenvalue weighted by molar-refractivity contribution is -0.00768. The molecule has 3 heteroatoms. The molecule has 2 aliphatic rings. The number of aliphatic hydroxyl groups is 1. The first-order chi connectivity index (χ1) is 6.72. The second kappa shape index (κ2) is 4.17. The molecular weight excluding hydrogens is 176 g/mol. The van der Waals surface area contributed by atoms with E-state index in [9.17, 15) is 5.11 Å². The summed E-state index contributed by atoms with van der Waals surface area (Å²) in [5.41, 5.74) is 0. The molecule has 2 fully saturated rings. The van der Waals surface area contributed by atoms with E-state index in [0.717, 1.165) is 19.5 Å². The lowest BCUT2D eigenvalue weighted by Gasteiger charge is -2.42. The van der Waals surface area contributed by atoms with Crippen LogP contribution < -0.4 is 0 Å². The van der Waals surface area contributed by atoms with E-state index in [1.807, 2.05) is 0 Å². The van der Waals surface area contributed by atoms with E-state index in [2.05, 4.69) is 23.8 Å². The molecule has 0 radical (unpaired) electrons. The van der Waals surface area contributed by atoms with Crippen molar-refractivity contribution in [3.8, 4) is 0 Å². The summed E-state index contributed by atoms with van der Waals surface area (Å²) in [5.74, 6) is 0. The van der Waals surface area contributed by atoms with E-state index in [-0.39, 0.29) is 6.10 Å². The lowest BCUT2D eigenvalue weighted by atomic mass is 9.95. The molecule has 14 heavy (non-hydrogen) atoms. The van der Waals surface area contributed by atoms with Crippen LogP contribution in [-0.2, 0) is 0 Å². The van der Waals surface area contributed by atoms with Crippen molar-refractivity contribution in [2.45, 2.75) is 44.4 Å². The van der Waals surface area contributed by atoms with Crippen LogP contribution >= 0.6 is 0 Å². The third-order valence-electron chi connectivity index (χ3n) is 3.94. The normalized spacial score (nSPS) is 39.0. The van der Waals surface area contributed by atoms with Crippen LogP contribution in [0, 0.1) is 0 Å². The van der Waals surface area contributed by atoms with Crippen LogP contribution in [0.4, 0.5) is 0 Å². The van der Waals surface area contributed by atoms with Gasteiger partial charge in [-0.1, -0.05) is 6.92 Å². The first kappa shape index (κ1) is 10.4. The molecule has 0 aromatic rings. The Labute approximate surface area is 86.7 Å². The Hall–Kier alpha value is -0.120. The van der Waals surface area contributed by atoms with Gasteiger partial charge in [0.15, 0.2) is 0 Å². The van der Waals surface area contributed by atoms with Gasteiger partial charge in [0.25, 0.3) is 0 Å². The molecule has 1 N–H and O–H groups in total. The fourth-order valence-corrected chi connectivity index (χ4v) is 2.87. The molecule has 0 amide bonds. The molecular formula is C11H22N2O. The Balaban J connectivity index is 1.98. The standard InChI is InChI=1S/C11H22N2O/c1-3-12(2)9-7-11(14)10-5-4-6-13(10)8-9/h9-11,14H,3-8H2,1-2H3/t9?,10?,11-/m0/s1. The highest BCUT2D eigenvalue weighted by atomic mass is 16.3. The van der Waals surface area contributed by atoms with Crippen molar-refractivity contribution in [3.05, 3.63) is 0 Å². The Bertz CT molecular complexity index is 198. The highest BCUT2D eigenvalue weighted by Crippen LogP contribution is 2.28. The molecule has 0 bridgehead atoms. The van der Waals surface area contributed by atoms with Gasteiger partial charge in [-0.25, -0.2) is 0 Å². The highest BCUT2D eigenvalue weighted by Gasteiger charge is 2.38. The van der Waals surface area contributed by atoms with Crippen molar-refractivity contribution in [3.63, 3.8) is 0 Å². The summed E-state index contributed by atoms with van der Waals surface area (Å²) in [7, 11) is 2.16. The topological polar surface area (TPSA) is 26.7 Å². The van der Waals surface area contributed by atoms with Crippen LogP contribution in [0.5, 0.6) is 0 Å². The number of rotatable bonds is 2. The minimum atomic E-state index is -0.0924. The predicted molar refractivity (Wildman–Crippen MR) is 57.3 cm³/mol. The summed E-state index contributed by atoms with van der Waals surface area (Å²) < 4.78 is 0. The summed E-state index contributed by atoms with van der Waals surface area (Å²) >= 11 is 0. The van der Waals surface area contributed by atoms with Crippen molar-refractivity contribution in [2.24, 2.45) is 0 Å². The highest BCUT2D eigenvalue weighted by molar-refractivity contribution is 4.94. The van der Waals surface area contributed by atoms with Gasteiger partial charge in [-0.2, -0.15) is 0 Å². The van der Waals surface area contributed by atoms with Crippen molar-refractivity contribution in [1.82, 2.24) is 9.80 Å². The molecule has 2 aliphatic heterocycles. The average molecular weight is 198 g/mol. The number of hydrogen-bond donors (Lipinski definition) is 1. The second-order valence-electron chi connectivity index (χ2n) is 4.73. The number of aliphatic hydroxyl groups excluding tert-OH is 1. The number of piperidine rings is 1. The zero-order chi connectivity index (χ0) is 10.1. The maximum absolute atomic E-state index is 10.0. The molecule has 0 saturated carbocycles. The third-order valence-corrected chi connectivity index (χ3v) is 3.94. The third kappa shape index (κ3) is 1.81. The molecule has 0 aromatic heterocycles. The quantitative estimate of drug-likeness (QED) is 0.701. The summed E-state index contributed by atoms with van der Waals surface area (Å²) in [6.07, 6.45) is 3.34. The maximum Gasteiger partial charge on any atom is 0.0710 e. The van der Waals surface area contributed by atoms with Crippen molar-refractivity contribution >= 4 is 0 Å². The Morgan fingerprint density at radius 1 is 1.50 bits per heavy atom. The first-order valence-corrected chi connectivity index (χ1v) is 5.84. The van der Waals surface area contributed by atoms with Crippen molar-refractivity contribution in [1.29, 1.82) is 0 Å². The van der Waals surface area contributed by atoms with Crippen LogP contribution in [0.3, 0.4) is 0 Å². The number of hydrogen-bond acceptors (Lipinski definition) is 3. The maximum atomic E-state index is 10.0. The largest absolute Gasteiger partial charge is 0.391 e. The number of likely N-dealkylation sites (N-methyl/N-ethyl adjacent to an activating group) is 1. The monoisotopic (exact) mass is 198 g/mol. The zero-order valence-electron chi connectivity index (χ0n) is 9.32. The molecule has 82 valence electrons. The average Bonchev–Trinajstić information content (AvgIpc) is 2.64. The number of nitrogens with zero attached hydrogens (tertiary/aromatic N) is 2. The van der Waals surface area contributed by atoms with E-state index in [0.29, 0.717) is 12.1 Å². The Morgan fingerprint density at radius 2 is 2.29 bits per heavy atom. The molecule has 2 heterocycles. The lowest BCUT2D eigenvalue weighted by Crippen LogP contribution is -2.54. The molecule has 0 aromatic carbocycles. The van der Waals surface area contributed by atoms with E-state index in [1.54, 1.807) is 0 Å². The van der Waals surface area contributed by atoms with Gasteiger partial charge in [0.1, 0.15) is 0 Å². The molecule has 2 saturated heterocycles. The Kier molecular flexibility index (Phi) is 3.10. The van der Waals surface area contributed by atoms with Gasteiger partial charge in [0.05, 0.1) is 6.10 Å².